The molecule has 0 bridgehead atoms. The Morgan fingerprint density at radius 3 is 3.00 bits per heavy atom. The van der Waals surface area contributed by atoms with Crippen LogP contribution in [0.5, 0.6) is 0 Å². The van der Waals surface area contributed by atoms with Crippen LogP contribution in [0.25, 0.3) is 0 Å². The number of hydrogen-bond donors (Lipinski definition) is 0. The lowest BCUT2D eigenvalue weighted by atomic mass is 9.89. The Bertz CT molecular complexity index is 650. The van der Waals surface area contributed by atoms with Gasteiger partial charge in [0.15, 0.2) is 5.78 Å². The van der Waals surface area contributed by atoms with Crippen molar-refractivity contribution in [2.75, 3.05) is 6.61 Å². The minimum absolute atomic E-state index is 0.0851. The average molecular weight is 300 g/mol. The topological polar surface area (TPSA) is 43.4 Å². The van der Waals surface area contributed by atoms with Crippen LogP contribution in [0.1, 0.15) is 24.1 Å². The number of thiophene rings is 1. The van der Waals surface area contributed by atoms with Gasteiger partial charge in [-0.1, -0.05) is 30.4 Å². The molecule has 3 rings (SSSR count). The summed E-state index contributed by atoms with van der Waals surface area (Å²) in [7, 11) is 0. The van der Waals surface area contributed by atoms with Gasteiger partial charge in [-0.15, -0.1) is 11.3 Å². The maximum absolute atomic E-state index is 12.7. The van der Waals surface area contributed by atoms with E-state index in [0.717, 1.165) is 16.0 Å². The molecular formula is C17H16O3S. The third kappa shape index (κ3) is 2.40. The highest BCUT2D eigenvalue weighted by Crippen LogP contribution is 2.46. The van der Waals surface area contributed by atoms with Crippen molar-refractivity contribution in [1.82, 2.24) is 0 Å². The number of carbonyl (C=O) groups is 2. The second-order valence-corrected chi connectivity index (χ2v) is 5.99. The molecule has 1 aromatic heterocycles. The summed E-state index contributed by atoms with van der Waals surface area (Å²) in [5.41, 5.74) is 1.71. The molecule has 1 heterocycles. The molecule has 2 aliphatic carbocycles. The first-order valence-corrected chi connectivity index (χ1v) is 7.92. The van der Waals surface area contributed by atoms with Crippen molar-refractivity contribution in [3.63, 3.8) is 0 Å². The number of esters is 1. The van der Waals surface area contributed by atoms with E-state index < -0.39 is 11.9 Å². The second kappa shape index (κ2) is 5.82. The first-order valence-electron chi connectivity index (χ1n) is 7.04. The highest BCUT2D eigenvalue weighted by Gasteiger charge is 2.46. The standard InChI is InChI=1S/C17H16O3S/c1-2-20-17(19)15-14(13-9-6-10-21-13)11-7-4-3-5-8-12(11)16(15)18/h3-7,9-10,14-15H,2,8H2,1H3/t14-,15-/m1/s1. The lowest BCUT2D eigenvalue weighted by Gasteiger charge is -2.18. The van der Waals surface area contributed by atoms with Crippen LogP contribution in [0.3, 0.4) is 0 Å². The van der Waals surface area contributed by atoms with E-state index in [9.17, 15) is 9.59 Å². The molecule has 1 aromatic rings. The molecule has 0 fully saturated rings. The van der Waals surface area contributed by atoms with E-state index in [0.29, 0.717) is 13.0 Å². The van der Waals surface area contributed by atoms with Gasteiger partial charge in [0.2, 0.25) is 0 Å². The van der Waals surface area contributed by atoms with Crippen LogP contribution in [-0.2, 0) is 14.3 Å². The summed E-state index contributed by atoms with van der Waals surface area (Å²) >= 11 is 1.58. The maximum atomic E-state index is 12.7. The van der Waals surface area contributed by atoms with Crippen molar-refractivity contribution < 1.29 is 14.3 Å². The molecule has 0 unspecified atom stereocenters. The number of rotatable bonds is 3. The fourth-order valence-corrected chi connectivity index (χ4v) is 3.84. The summed E-state index contributed by atoms with van der Waals surface area (Å²) in [4.78, 5) is 26.0. The highest BCUT2D eigenvalue weighted by molar-refractivity contribution is 7.10. The van der Waals surface area contributed by atoms with Crippen LogP contribution in [0.4, 0.5) is 0 Å². The SMILES string of the molecule is CCOC(=O)[C@H]1C(=O)C2=C(C=CC=CC2)[C@@H]1c1cccs1. The van der Waals surface area contributed by atoms with Crippen molar-refractivity contribution in [2.45, 2.75) is 19.3 Å². The number of ether oxygens (including phenoxy) is 1. The maximum Gasteiger partial charge on any atom is 0.317 e. The van der Waals surface area contributed by atoms with E-state index in [1.165, 1.54) is 0 Å². The quantitative estimate of drug-likeness (QED) is 0.634. The van der Waals surface area contributed by atoms with Crippen LogP contribution in [0, 0.1) is 5.92 Å². The Morgan fingerprint density at radius 2 is 2.29 bits per heavy atom. The second-order valence-electron chi connectivity index (χ2n) is 5.01. The van der Waals surface area contributed by atoms with Gasteiger partial charge in [-0.05, 0) is 30.4 Å². The number of allylic oxidation sites excluding steroid dienone is 6. The molecule has 0 N–H and O–H groups in total. The van der Waals surface area contributed by atoms with Crippen LogP contribution in [0.2, 0.25) is 0 Å². The van der Waals surface area contributed by atoms with Crippen molar-refractivity contribution in [3.05, 3.63) is 57.8 Å². The van der Waals surface area contributed by atoms with Gasteiger partial charge in [0.1, 0.15) is 5.92 Å². The number of carbonyl (C=O) groups excluding carboxylic acids is 2. The van der Waals surface area contributed by atoms with Crippen molar-refractivity contribution in [1.29, 1.82) is 0 Å². The van der Waals surface area contributed by atoms with Gasteiger partial charge in [-0.25, -0.2) is 0 Å². The van der Waals surface area contributed by atoms with Gasteiger partial charge < -0.3 is 4.74 Å². The Kier molecular flexibility index (Phi) is 3.88. The predicted octanol–water partition coefficient (Wildman–Crippen LogP) is 3.41. The predicted molar refractivity (Wildman–Crippen MR) is 82.1 cm³/mol. The van der Waals surface area contributed by atoms with Gasteiger partial charge in [-0.3, -0.25) is 9.59 Å². The van der Waals surface area contributed by atoms with Crippen molar-refractivity contribution in [2.24, 2.45) is 5.92 Å². The molecule has 4 heteroatoms. The van der Waals surface area contributed by atoms with Gasteiger partial charge in [0.05, 0.1) is 6.61 Å². The van der Waals surface area contributed by atoms with Gasteiger partial charge in [0.25, 0.3) is 0 Å². The summed E-state index contributed by atoms with van der Waals surface area (Å²) in [6, 6.07) is 3.93. The summed E-state index contributed by atoms with van der Waals surface area (Å²) in [5, 5.41) is 1.97. The van der Waals surface area contributed by atoms with Crippen LogP contribution in [-0.4, -0.2) is 18.4 Å². The average Bonchev–Trinajstić information content (AvgIpc) is 2.99. The molecular weight excluding hydrogens is 284 g/mol. The zero-order valence-corrected chi connectivity index (χ0v) is 12.6. The number of ketones is 1. The molecule has 0 saturated heterocycles. The van der Waals surface area contributed by atoms with E-state index in [2.05, 4.69) is 0 Å². The first kappa shape index (κ1) is 14.0. The lowest BCUT2D eigenvalue weighted by Crippen LogP contribution is -2.28. The van der Waals surface area contributed by atoms with E-state index in [-0.39, 0.29) is 11.7 Å². The Labute approximate surface area is 127 Å². The molecule has 0 amide bonds. The first-order chi connectivity index (χ1) is 10.2. The molecule has 3 nitrogen and oxygen atoms in total. The smallest absolute Gasteiger partial charge is 0.317 e. The van der Waals surface area contributed by atoms with Gasteiger partial charge in [0, 0.05) is 16.4 Å². The van der Waals surface area contributed by atoms with E-state index in [4.69, 9.17) is 4.74 Å². The van der Waals surface area contributed by atoms with Gasteiger partial charge in [-0.2, -0.15) is 0 Å². The zero-order chi connectivity index (χ0) is 14.8. The molecule has 0 aliphatic heterocycles. The molecule has 0 aromatic carbocycles. The summed E-state index contributed by atoms with van der Waals surface area (Å²) in [6.45, 7) is 2.05. The molecule has 0 saturated carbocycles. The largest absolute Gasteiger partial charge is 0.465 e. The summed E-state index contributed by atoms with van der Waals surface area (Å²) in [6.07, 6.45) is 8.37. The fraction of sp³-hybridized carbons (Fsp3) is 0.294. The number of Topliss-reactive ketones (excluding diaryl/α,β-unsaturated/α-hetero) is 1. The summed E-state index contributed by atoms with van der Waals surface area (Å²) in [5.74, 6) is -1.43. The normalized spacial score (nSPS) is 24.1. The van der Waals surface area contributed by atoms with Crippen LogP contribution >= 0.6 is 11.3 Å². The van der Waals surface area contributed by atoms with Crippen LogP contribution in [0.15, 0.2) is 53.0 Å². The molecule has 108 valence electrons. The Morgan fingerprint density at radius 1 is 1.43 bits per heavy atom. The minimum atomic E-state index is -0.732. The summed E-state index contributed by atoms with van der Waals surface area (Å²) < 4.78 is 5.14. The lowest BCUT2D eigenvalue weighted by molar-refractivity contribution is -0.150. The highest BCUT2D eigenvalue weighted by atomic mass is 32.1. The van der Waals surface area contributed by atoms with Crippen LogP contribution < -0.4 is 0 Å². The van der Waals surface area contributed by atoms with E-state index in [1.54, 1.807) is 18.3 Å². The van der Waals surface area contributed by atoms with Crippen molar-refractivity contribution in [3.8, 4) is 0 Å². The molecule has 2 aliphatic rings. The Hall–Kier alpha value is -1.94. The van der Waals surface area contributed by atoms with E-state index in [1.807, 2.05) is 41.8 Å². The van der Waals surface area contributed by atoms with E-state index >= 15 is 0 Å². The zero-order valence-electron chi connectivity index (χ0n) is 11.7. The third-order valence-corrected chi connectivity index (χ3v) is 4.79. The molecule has 0 radical (unpaired) electrons. The Balaban J connectivity index is 2.06. The minimum Gasteiger partial charge on any atom is -0.465 e. The molecule has 0 spiro atoms. The molecule has 21 heavy (non-hydrogen) atoms. The number of hydrogen-bond acceptors (Lipinski definition) is 4. The fourth-order valence-electron chi connectivity index (χ4n) is 2.96. The molecule has 2 atom stereocenters. The van der Waals surface area contributed by atoms with Crippen molar-refractivity contribution >= 4 is 23.1 Å². The third-order valence-electron chi connectivity index (χ3n) is 3.83. The monoisotopic (exact) mass is 300 g/mol. The van der Waals surface area contributed by atoms with Gasteiger partial charge >= 0.3 is 5.97 Å².